The topological polar surface area (TPSA) is 97.7 Å². The Bertz CT molecular complexity index is 1430. The van der Waals surface area contributed by atoms with Gasteiger partial charge in [-0.2, -0.15) is 0 Å². The van der Waals surface area contributed by atoms with Crippen LogP contribution >= 0.6 is 34.7 Å². The number of fused-ring (bicyclic) bond motifs is 2. The lowest BCUT2D eigenvalue weighted by Gasteiger charge is -2.36. The summed E-state index contributed by atoms with van der Waals surface area (Å²) in [6.07, 6.45) is 0. The molecule has 0 saturated carbocycles. The van der Waals surface area contributed by atoms with Crippen LogP contribution in [0.1, 0.15) is 18.7 Å². The molecule has 0 radical (unpaired) electrons. The molecule has 3 heterocycles. The number of nitrogens with zero attached hydrogens (tertiary/aromatic N) is 2. The summed E-state index contributed by atoms with van der Waals surface area (Å²) in [5.74, 6) is -1.01. The summed E-state index contributed by atoms with van der Waals surface area (Å²) in [7, 11) is 1.56. The average Bonchev–Trinajstić information content (AvgIpc) is 3.29. The van der Waals surface area contributed by atoms with Crippen LogP contribution in [-0.4, -0.2) is 34.6 Å². The standard InChI is InChI=1S/C25H22ClN3O5S2/c1-25(2)18-19(22(32)29(21(18)31)15-8-4-13(26)5-9-15)35-23-20(25)36-24(33)28(23)12-17(30)27-14-6-10-16(34-3)11-7-14/h4-11,18-19H,12H2,1-3H3,(H,27,30). The van der Waals surface area contributed by atoms with E-state index in [4.69, 9.17) is 16.3 Å². The SMILES string of the molecule is COc1ccc(NC(=O)Cn2c3c(sc2=O)C(C)(C)C2C(=O)N(c4ccc(Cl)cc4)C(=O)C2S3)cc1. The van der Waals surface area contributed by atoms with E-state index in [9.17, 15) is 19.2 Å². The van der Waals surface area contributed by atoms with E-state index in [0.717, 1.165) is 11.3 Å². The Morgan fingerprint density at radius 2 is 1.72 bits per heavy atom. The van der Waals surface area contributed by atoms with Crippen molar-refractivity contribution in [2.45, 2.75) is 36.1 Å². The van der Waals surface area contributed by atoms with E-state index in [0.29, 0.717) is 32.1 Å². The molecule has 2 aliphatic rings. The summed E-state index contributed by atoms with van der Waals surface area (Å²) in [6.45, 7) is 3.54. The fourth-order valence-electron chi connectivity index (χ4n) is 4.63. The zero-order chi connectivity index (χ0) is 25.8. The third-order valence-electron chi connectivity index (χ3n) is 6.46. The van der Waals surface area contributed by atoms with Crippen LogP contribution in [0.3, 0.4) is 0 Å². The second-order valence-electron chi connectivity index (χ2n) is 9.09. The van der Waals surface area contributed by atoms with E-state index >= 15 is 0 Å². The number of nitrogens with one attached hydrogen (secondary N) is 1. The zero-order valence-electron chi connectivity index (χ0n) is 19.6. The molecule has 1 saturated heterocycles. The minimum Gasteiger partial charge on any atom is -0.497 e. The van der Waals surface area contributed by atoms with Crippen LogP contribution < -0.4 is 19.8 Å². The lowest BCUT2D eigenvalue weighted by Crippen LogP contribution is -2.41. The van der Waals surface area contributed by atoms with Crippen LogP contribution in [0.4, 0.5) is 11.4 Å². The number of carbonyl (C=O) groups excluding carboxylic acids is 3. The minimum absolute atomic E-state index is 0.208. The van der Waals surface area contributed by atoms with E-state index in [-0.39, 0.29) is 29.1 Å². The van der Waals surface area contributed by atoms with E-state index < -0.39 is 16.6 Å². The minimum atomic E-state index is -0.777. The van der Waals surface area contributed by atoms with Gasteiger partial charge in [0.1, 0.15) is 17.5 Å². The predicted molar refractivity (Wildman–Crippen MR) is 140 cm³/mol. The van der Waals surface area contributed by atoms with Gasteiger partial charge in [-0.25, -0.2) is 4.90 Å². The van der Waals surface area contributed by atoms with Gasteiger partial charge < -0.3 is 10.1 Å². The first kappa shape index (κ1) is 24.6. The molecule has 5 rings (SSSR count). The van der Waals surface area contributed by atoms with Gasteiger partial charge in [-0.05, 0) is 48.5 Å². The summed E-state index contributed by atoms with van der Waals surface area (Å²) in [5, 5.41) is 3.13. The largest absolute Gasteiger partial charge is 0.497 e. The molecule has 1 fully saturated rings. The molecular formula is C25H22ClN3O5S2. The third-order valence-corrected chi connectivity index (χ3v) is 9.54. The maximum Gasteiger partial charge on any atom is 0.308 e. The van der Waals surface area contributed by atoms with Crippen molar-refractivity contribution in [2.75, 3.05) is 17.3 Å². The van der Waals surface area contributed by atoms with Crippen LogP contribution in [0.15, 0.2) is 58.4 Å². The van der Waals surface area contributed by atoms with Crippen molar-refractivity contribution >= 4 is 63.8 Å². The molecule has 1 N–H and O–H groups in total. The highest BCUT2D eigenvalue weighted by Gasteiger charge is 2.59. The molecule has 186 valence electrons. The molecule has 2 aromatic carbocycles. The molecule has 36 heavy (non-hydrogen) atoms. The third kappa shape index (κ3) is 4.03. The Kier molecular flexibility index (Phi) is 6.22. The number of carbonyl (C=O) groups is 3. The lowest BCUT2D eigenvalue weighted by molar-refractivity contribution is -0.123. The molecular weight excluding hydrogens is 522 g/mol. The smallest absolute Gasteiger partial charge is 0.308 e. The Morgan fingerprint density at radius 1 is 1.06 bits per heavy atom. The van der Waals surface area contributed by atoms with Crippen LogP contribution in [0, 0.1) is 5.92 Å². The van der Waals surface area contributed by atoms with Crippen LogP contribution in [-0.2, 0) is 26.3 Å². The molecule has 11 heteroatoms. The van der Waals surface area contributed by atoms with Gasteiger partial charge in [-0.3, -0.25) is 23.7 Å². The Morgan fingerprint density at radius 3 is 2.36 bits per heavy atom. The second-order valence-corrected chi connectivity index (χ2v) is 11.6. The average molecular weight is 544 g/mol. The summed E-state index contributed by atoms with van der Waals surface area (Å²) in [4.78, 5) is 54.3. The number of hydrogen-bond acceptors (Lipinski definition) is 7. The number of thiazole rings is 1. The summed E-state index contributed by atoms with van der Waals surface area (Å²) < 4.78 is 6.52. The van der Waals surface area contributed by atoms with Crippen molar-refractivity contribution in [3.05, 3.63) is 68.1 Å². The van der Waals surface area contributed by atoms with Crippen molar-refractivity contribution in [1.82, 2.24) is 4.57 Å². The summed E-state index contributed by atoms with van der Waals surface area (Å²) in [5.41, 5.74) is 0.252. The monoisotopic (exact) mass is 543 g/mol. The van der Waals surface area contributed by atoms with Gasteiger partial charge in [0, 0.05) is 21.0 Å². The molecule has 1 aromatic heterocycles. The number of methoxy groups -OCH3 is 1. The predicted octanol–water partition coefficient (Wildman–Crippen LogP) is 4.15. The molecule has 0 spiro atoms. The highest BCUT2D eigenvalue weighted by atomic mass is 35.5. The van der Waals surface area contributed by atoms with Crippen molar-refractivity contribution in [3.63, 3.8) is 0 Å². The number of anilines is 2. The van der Waals surface area contributed by atoms with Crippen LogP contribution in [0.5, 0.6) is 5.75 Å². The number of amides is 3. The highest BCUT2D eigenvalue weighted by Crippen LogP contribution is 2.54. The van der Waals surface area contributed by atoms with Crippen LogP contribution in [0.2, 0.25) is 5.02 Å². The Hall–Kier alpha value is -3.08. The number of aromatic nitrogens is 1. The number of rotatable bonds is 5. The van der Waals surface area contributed by atoms with Crippen molar-refractivity contribution in [1.29, 1.82) is 0 Å². The lowest BCUT2D eigenvalue weighted by atomic mass is 9.76. The summed E-state index contributed by atoms with van der Waals surface area (Å²) >= 11 is 8.18. The maximum atomic E-state index is 13.5. The number of ether oxygens (including phenoxy) is 1. The fourth-order valence-corrected chi connectivity index (χ4v) is 7.79. The van der Waals surface area contributed by atoms with Crippen molar-refractivity contribution < 1.29 is 19.1 Å². The first-order valence-electron chi connectivity index (χ1n) is 11.1. The molecule has 2 atom stereocenters. The normalized spacial score (nSPS) is 20.2. The van der Waals surface area contributed by atoms with Gasteiger partial charge in [-0.1, -0.05) is 48.5 Å². The quantitative estimate of drug-likeness (QED) is 0.485. The molecule has 3 aromatic rings. The van der Waals surface area contributed by atoms with Gasteiger partial charge >= 0.3 is 4.87 Å². The second kappa shape index (κ2) is 9.10. The Balaban J connectivity index is 1.44. The number of imide groups is 1. The van der Waals surface area contributed by atoms with Gasteiger partial charge in [0.05, 0.1) is 23.7 Å². The van der Waals surface area contributed by atoms with E-state index in [2.05, 4.69) is 5.32 Å². The molecule has 0 aliphatic carbocycles. The van der Waals surface area contributed by atoms with Gasteiger partial charge in [0.25, 0.3) is 0 Å². The molecule has 3 amide bonds. The van der Waals surface area contributed by atoms with Crippen molar-refractivity contribution in [3.8, 4) is 5.75 Å². The Labute approximate surface area is 220 Å². The van der Waals surface area contributed by atoms with E-state index in [1.165, 1.54) is 21.2 Å². The first-order chi connectivity index (χ1) is 17.1. The molecule has 8 nitrogen and oxygen atoms in total. The van der Waals surface area contributed by atoms with Crippen LogP contribution in [0.25, 0.3) is 0 Å². The number of hydrogen-bond donors (Lipinski definition) is 1. The first-order valence-corrected chi connectivity index (χ1v) is 13.2. The van der Waals surface area contributed by atoms with Gasteiger partial charge in [0.2, 0.25) is 17.7 Å². The number of halogens is 1. The molecule has 2 aliphatic heterocycles. The highest BCUT2D eigenvalue weighted by molar-refractivity contribution is 8.00. The number of thioether (sulfide) groups is 1. The fraction of sp³-hybridized carbons (Fsp3) is 0.280. The summed E-state index contributed by atoms with van der Waals surface area (Å²) in [6, 6.07) is 13.4. The molecule has 0 bridgehead atoms. The van der Waals surface area contributed by atoms with Crippen molar-refractivity contribution in [2.24, 2.45) is 5.92 Å². The van der Waals surface area contributed by atoms with Gasteiger partial charge in [-0.15, -0.1) is 0 Å². The van der Waals surface area contributed by atoms with E-state index in [1.807, 2.05) is 13.8 Å². The molecule has 2 unspecified atom stereocenters. The van der Waals surface area contributed by atoms with E-state index in [1.54, 1.807) is 55.6 Å². The number of benzene rings is 2. The maximum absolute atomic E-state index is 13.5. The zero-order valence-corrected chi connectivity index (χ0v) is 22.0. The van der Waals surface area contributed by atoms with Gasteiger partial charge in [0.15, 0.2) is 0 Å².